The molecule has 0 heterocycles. The van der Waals surface area contributed by atoms with Gasteiger partial charge in [0.05, 0.1) is 13.2 Å². The minimum atomic E-state index is 0.715. The Morgan fingerprint density at radius 3 is 3.00 bits per heavy atom. The molecule has 11 heavy (non-hydrogen) atoms. The average molecular weight is 155 g/mol. The van der Waals surface area contributed by atoms with Crippen LogP contribution in [0.15, 0.2) is 24.8 Å². The van der Waals surface area contributed by atoms with E-state index in [2.05, 4.69) is 11.9 Å². The van der Waals surface area contributed by atoms with Crippen LogP contribution in [0.5, 0.6) is 0 Å². The van der Waals surface area contributed by atoms with Crippen molar-refractivity contribution >= 4 is 0 Å². The van der Waals surface area contributed by atoms with Gasteiger partial charge in [-0.3, -0.25) is 0 Å². The summed E-state index contributed by atoms with van der Waals surface area (Å²) in [5, 5.41) is 3.14. The van der Waals surface area contributed by atoms with E-state index < -0.39 is 0 Å². The molecule has 0 bridgehead atoms. The van der Waals surface area contributed by atoms with Crippen molar-refractivity contribution in [2.75, 3.05) is 26.3 Å². The van der Waals surface area contributed by atoms with Crippen molar-refractivity contribution in [3.63, 3.8) is 0 Å². The van der Waals surface area contributed by atoms with Crippen LogP contribution in [0.25, 0.3) is 0 Å². The van der Waals surface area contributed by atoms with Crippen molar-refractivity contribution in [3.8, 4) is 0 Å². The highest BCUT2D eigenvalue weighted by molar-refractivity contribution is 4.75. The highest BCUT2D eigenvalue weighted by atomic mass is 16.5. The number of nitrogens with one attached hydrogen (secondary N) is 1. The molecule has 0 amide bonds. The fourth-order valence-corrected chi connectivity index (χ4v) is 0.596. The Bertz CT molecular complexity index is 110. The van der Waals surface area contributed by atoms with Crippen molar-refractivity contribution in [3.05, 3.63) is 24.8 Å². The molecule has 0 saturated carbocycles. The molecule has 1 N–H and O–H groups in total. The Morgan fingerprint density at radius 1 is 1.55 bits per heavy atom. The summed E-state index contributed by atoms with van der Waals surface area (Å²) in [7, 11) is 0. The van der Waals surface area contributed by atoms with Crippen LogP contribution < -0.4 is 5.32 Å². The van der Waals surface area contributed by atoms with Gasteiger partial charge in [-0.05, 0) is 6.92 Å². The minimum absolute atomic E-state index is 0.715. The number of rotatable bonds is 7. The predicted molar refractivity (Wildman–Crippen MR) is 48.7 cm³/mol. The van der Waals surface area contributed by atoms with Crippen LogP contribution in [0.3, 0.4) is 0 Å². The van der Waals surface area contributed by atoms with E-state index in [1.165, 1.54) is 0 Å². The van der Waals surface area contributed by atoms with E-state index >= 15 is 0 Å². The van der Waals surface area contributed by atoms with Gasteiger partial charge in [0.1, 0.15) is 0 Å². The summed E-state index contributed by atoms with van der Waals surface area (Å²) in [6.07, 6.45) is 5.82. The second kappa shape index (κ2) is 9.40. The van der Waals surface area contributed by atoms with Crippen LogP contribution in [-0.2, 0) is 4.74 Å². The average Bonchev–Trinajstić information content (AvgIpc) is 2.03. The molecule has 0 saturated heterocycles. The molecule has 0 aromatic carbocycles. The van der Waals surface area contributed by atoms with E-state index in [0.29, 0.717) is 6.61 Å². The van der Waals surface area contributed by atoms with Crippen molar-refractivity contribution < 1.29 is 4.74 Å². The van der Waals surface area contributed by atoms with E-state index in [9.17, 15) is 0 Å². The lowest BCUT2D eigenvalue weighted by molar-refractivity contribution is 0.164. The quantitative estimate of drug-likeness (QED) is 0.442. The Labute approximate surface area is 68.9 Å². The van der Waals surface area contributed by atoms with Crippen LogP contribution in [0, 0.1) is 0 Å². The lowest BCUT2D eigenvalue weighted by Crippen LogP contribution is -2.19. The molecule has 0 unspecified atom stereocenters. The first-order chi connectivity index (χ1) is 5.41. The van der Waals surface area contributed by atoms with Crippen LogP contribution in [0.1, 0.15) is 6.92 Å². The molecule has 0 rings (SSSR count). The molecule has 0 atom stereocenters. The third kappa shape index (κ3) is 9.40. The van der Waals surface area contributed by atoms with Crippen molar-refractivity contribution in [2.24, 2.45) is 0 Å². The van der Waals surface area contributed by atoms with Gasteiger partial charge in [-0.15, -0.1) is 6.58 Å². The Morgan fingerprint density at radius 2 is 2.36 bits per heavy atom. The smallest absolute Gasteiger partial charge is 0.0647 e. The van der Waals surface area contributed by atoms with Gasteiger partial charge in [-0.2, -0.15) is 0 Å². The molecule has 2 heteroatoms. The molecule has 64 valence electrons. The van der Waals surface area contributed by atoms with E-state index in [1.54, 1.807) is 0 Å². The van der Waals surface area contributed by atoms with E-state index in [4.69, 9.17) is 4.74 Å². The molecular weight excluding hydrogens is 138 g/mol. The largest absolute Gasteiger partial charge is 0.376 e. The monoisotopic (exact) mass is 155 g/mol. The first-order valence-electron chi connectivity index (χ1n) is 3.92. The fourth-order valence-electron chi connectivity index (χ4n) is 0.596. The fraction of sp³-hybridized carbons (Fsp3) is 0.556. The maximum absolute atomic E-state index is 5.24. The molecule has 0 spiro atoms. The zero-order valence-corrected chi connectivity index (χ0v) is 7.18. The summed E-state index contributed by atoms with van der Waals surface area (Å²) in [6.45, 7) is 8.80. The Hall–Kier alpha value is -0.600. The van der Waals surface area contributed by atoms with Crippen LogP contribution in [0.2, 0.25) is 0 Å². The highest BCUT2D eigenvalue weighted by Crippen LogP contribution is 1.75. The molecule has 0 fully saturated rings. The van der Waals surface area contributed by atoms with E-state index in [-0.39, 0.29) is 0 Å². The van der Waals surface area contributed by atoms with Gasteiger partial charge in [0.25, 0.3) is 0 Å². The molecule has 0 aliphatic rings. The van der Waals surface area contributed by atoms with Gasteiger partial charge in [-0.1, -0.05) is 18.2 Å². The predicted octanol–water partition coefficient (Wildman–Crippen LogP) is 1.35. The van der Waals surface area contributed by atoms with Gasteiger partial charge in [0, 0.05) is 13.1 Å². The van der Waals surface area contributed by atoms with Gasteiger partial charge in [0.2, 0.25) is 0 Å². The standard InChI is InChI=1S/C9H17NO/c1-3-5-8-11-9-7-10-6-4-2/h3-5,10H,2,6-9H2,1H3. The zero-order valence-electron chi connectivity index (χ0n) is 7.18. The van der Waals surface area contributed by atoms with E-state index in [0.717, 1.165) is 19.7 Å². The summed E-state index contributed by atoms with van der Waals surface area (Å²) in [5.41, 5.74) is 0. The molecule has 0 aromatic heterocycles. The second-order valence-electron chi connectivity index (χ2n) is 2.14. The first-order valence-corrected chi connectivity index (χ1v) is 3.92. The lowest BCUT2D eigenvalue weighted by Gasteiger charge is -2.00. The lowest BCUT2D eigenvalue weighted by atomic mass is 10.5. The normalized spacial score (nSPS) is 10.6. The van der Waals surface area contributed by atoms with Crippen molar-refractivity contribution in [1.82, 2.24) is 5.32 Å². The molecular formula is C9H17NO. The van der Waals surface area contributed by atoms with Crippen molar-refractivity contribution in [1.29, 1.82) is 0 Å². The van der Waals surface area contributed by atoms with Gasteiger partial charge in [-0.25, -0.2) is 0 Å². The minimum Gasteiger partial charge on any atom is -0.376 e. The highest BCUT2D eigenvalue weighted by Gasteiger charge is 1.82. The number of allylic oxidation sites excluding steroid dienone is 1. The third-order valence-electron chi connectivity index (χ3n) is 1.16. The molecule has 0 aliphatic heterocycles. The van der Waals surface area contributed by atoms with Crippen LogP contribution in [0.4, 0.5) is 0 Å². The van der Waals surface area contributed by atoms with Crippen LogP contribution in [-0.4, -0.2) is 26.3 Å². The first kappa shape index (κ1) is 10.4. The second-order valence-corrected chi connectivity index (χ2v) is 2.14. The number of hydrogen-bond acceptors (Lipinski definition) is 2. The summed E-state index contributed by atoms with van der Waals surface area (Å²) >= 11 is 0. The number of hydrogen-bond donors (Lipinski definition) is 1. The summed E-state index contributed by atoms with van der Waals surface area (Å²) in [6, 6.07) is 0. The maximum atomic E-state index is 5.24. The van der Waals surface area contributed by atoms with Gasteiger partial charge < -0.3 is 10.1 Å². The SMILES string of the molecule is C=CCNCCOCC=CC. The van der Waals surface area contributed by atoms with Crippen molar-refractivity contribution in [2.45, 2.75) is 6.92 Å². The Kier molecular flexibility index (Phi) is 8.89. The summed E-state index contributed by atoms with van der Waals surface area (Å²) < 4.78 is 5.24. The molecule has 2 nitrogen and oxygen atoms in total. The zero-order chi connectivity index (χ0) is 8.36. The summed E-state index contributed by atoms with van der Waals surface area (Å²) in [5.74, 6) is 0. The van der Waals surface area contributed by atoms with Gasteiger partial charge >= 0.3 is 0 Å². The van der Waals surface area contributed by atoms with Gasteiger partial charge in [0.15, 0.2) is 0 Å². The van der Waals surface area contributed by atoms with E-state index in [1.807, 2.05) is 25.2 Å². The third-order valence-corrected chi connectivity index (χ3v) is 1.16. The topological polar surface area (TPSA) is 21.3 Å². The Balaban J connectivity index is 2.84. The number of ether oxygens (including phenoxy) is 1. The molecule has 0 aliphatic carbocycles. The maximum Gasteiger partial charge on any atom is 0.0647 e. The summed E-state index contributed by atoms with van der Waals surface area (Å²) in [4.78, 5) is 0. The molecule has 0 aromatic rings. The molecule has 0 radical (unpaired) electrons. The van der Waals surface area contributed by atoms with Crippen LogP contribution >= 0.6 is 0 Å².